The summed E-state index contributed by atoms with van der Waals surface area (Å²) in [6, 6.07) is 10.0. The van der Waals surface area contributed by atoms with Crippen molar-refractivity contribution in [3.05, 3.63) is 69.5 Å². The molecule has 0 spiro atoms. The summed E-state index contributed by atoms with van der Waals surface area (Å²) in [5, 5.41) is 20.5. The number of nitro groups is 1. The number of halogens is 1. The van der Waals surface area contributed by atoms with Gasteiger partial charge in [-0.05, 0) is 31.2 Å². The summed E-state index contributed by atoms with van der Waals surface area (Å²) in [4.78, 5) is 10.4. The van der Waals surface area contributed by atoms with Crippen LogP contribution in [-0.4, -0.2) is 10.0 Å². The number of hydrogen-bond acceptors (Lipinski definition) is 4. The van der Waals surface area contributed by atoms with Crippen LogP contribution in [0.15, 0.2) is 42.5 Å². The summed E-state index contributed by atoms with van der Waals surface area (Å²) in [6.07, 6.45) is -0.901. The minimum atomic E-state index is -0.901. The molecule has 0 fully saturated rings. The fourth-order valence-electron chi connectivity index (χ4n) is 1.94. The molecule has 110 valence electrons. The highest BCUT2D eigenvalue weighted by Gasteiger charge is 2.15. The third kappa shape index (κ3) is 3.55. The van der Waals surface area contributed by atoms with Gasteiger partial charge >= 0.3 is 0 Å². The largest absolute Gasteiger partial charge is 0.488 e. The minimum absolute atomic E-state index is 0.0392. The van der Waals surface area contributed by atoms with Crippen LogP contribution in [0.25, 0.3) is 0 Å². The van der Waals surface area contributed by atoms with E-state index in [-0.39, 0.29) is 12.3 Å². The highest BCUT2D eigenvalue weighted by molar-refractivity contribution is 5.40. The number of ether oxygens (including phenoxy) is 1. The van der Waals surface area contributed by atoms with Crippen molar-refractivity contribution in [1.82, 2.24) is 0 Å². The topological polar surface area (TPSA) is 72.6 Å². The molecule has 0 aliphatic rings. The molecule has 1 atom stereocenters. The third-order valence-electron chi connectivity index (χ3n) is 2.99. The summed E-state index contributed by atoms with van der Waals surface area (Å²) >= 11 is 0. The number of aliphatic hydroxyl groups excluding tert-OH is 1. The van der Waals surface area contributed by atoms with Crippen LogP contribution in [0.2, 0.25) is 0 Å². The van der Waals surface area contributed by atoms with Crippen LogP contribution in [0.3, 0.4) is 0 Å². The molecule has 0 radical (unpaired) electrons. The summed E-state index contributed by atoms with van der Waals surface area (Å²) in [5.74, 6) is -0.187. The Bertz CT molecular complexity index is 658. The van der Waals surface area contributed by atoms with E-state index in [9.17, 15) is 19.6 Å². The average Bonchev–Trinajstić information content (AvgIpc) is 2.46. The summed E-state index contributed by atoms with van der Waals surface area (Å²) in [6.45, 7) is 1.45. The highest BCUT2D eigenvalue weighted by Crippen LogP contribution is 2.28. The van der Waals surface area contributed by atoms with Crippen LogP contribution in [0, 0.1) is 15.9 Å². The highest BCUT2D eigenvalue weighted by atomic mass is 19.1. The molecule has 0 bridgehead atoms. The lowest BCUT2D eigenvalue weighted by molar-refractivity contribution is -0.385. The minimum Gasteiger partial charge on any atom is -0.488 e. The number of rotatable bonds is 5. The van der Waals surface area contributed by atoms with E-state index in [1.54, 1.807) is 18.2 Å². The Labute approximate surface area is 120 Å². The van der Waals surface area contributed by atoms with Gasteiger partial charge in [0.15, 0.2) is 0 Å². The second kappa shape index (κ2) is 6.32. The summed E-state index contributed by atoms with van der Waals surface area (Å²) < 4.78 is 18.7. The van der Waals surface area contributed by atoms with Crippen molar-refractivity contribution >= 4 is 5.69 Å². The zero-order valence-corrected chi connectivity index (χ0v) is 11.3. The standard InChI is InChI=1S/C15H14FNO4/c1-10(18)13-8-12(16)6-7-15(13)21-9-11-4-2-3-5-14(11)17(19)20/h2-8,10,18H,9H2,1H3/t10-/m0/s1. The molecular formula is C15H14FNO4. The van der Waals surface area contributed by atoms with Gasteiger partial charge in [0.2, 0.25) is 0 Å². The molecule has 0 amide bonds. The number of aliphatic hydroxyl groups is 1. The van der Waals surface area contributed by atoms with Crippen molar-refractivity contribution in [2.24, 2.45) is 0 Å². The zero-order chi connectivity index (χ0) is 15.4. The first-order valence-corrected chi connectivity index (χ1v) is 6.31. The van der Waals surface area contributed by atoms with E-state index in [0.29, 0.717) is 16.9 Å². The first kappa shape index (κ1) is 14.9. The van der Waals surface area contributed by atoms with Gasteiger partial charge in [0.25, 0.3) is 5.69 Å². The molecule has 5 nitrogen and oxygen atoms in total. The molecule has 6 heteroatoms. The van der Waals surface area contributed by atoms with Crippen LogP contribution in [0.5, 0.6) is 5.75 Å². The van der Waals surface area contributed by atoms with Gasteiger partial charge in [-0.1, -0.05) is 12.1 Å². The van der Waals surface area contributed by atoms with Gasteiger partial charge in [0, 0.05) is 11.6 Å². The molecule has 0 saturated carbocycles. The lowest BCUT2D eigenvalue weighted by atomic mass is 10.1. The molecule has 0 unspecified atom stereocenters. The molecule has 2 aromatic rings. The molecular weight excluding hydrogens is 277 g/mol. The molecule has 21 heavy (non-hydrogen) atoms. The lowest BCUT2D eigenvalue weighted by Gasteiger charge is -2.13. The summed E-state index contributed by atoms with van der Waals surface area (Å²) in [7, 11) is 0. The molecule has 2 rings (SSSR count). The lowest BCUT2D eigenvalue weighted by Crippen LogP contribution is -2.03. The third-order valence-corrected chi connectivity index (χ3v) is 2.99. The van der Waals surface area contributed by atoms with E-state index in [1.807, 2.05) is 0 Å². The number of para-hydroxylation sites is 1. The first-order valence-electron chi connectivity index (χ1n) is 6.31. The van der Waals surface area contributed by atoms with Crippen LogP contribution in [0.1, 0.15) is 24.2 Å². The van der Waals surface area contributed by atoms with Gasteiger partial charge in [-0.15, -0.1) is 0 Å². The Kier molecular flexibility index (Phi) is 4.49. The van der Waals surface area contributed by atoms with Gasteiger partial charge in [-0.3, -0.25) is 10.1 Å². The fourth-order valence-corrected chi connectivity index (χ4v) is 1.94. The second-order valence-corrected chi connectivity index (χ2v) is 4.53. The van der Waals surface area contributed by atoms with Crippen LogP contribution in [-0.2, 0) is 6.61 Å². The predicted molar refractivity (Wildman–Crippen MR) is 74.5 cm³/mol. The van der Waals surface area contributed by atoms with Crippen molar-refractivity contribution in [2.75, 3.05) is 0 Å². The monoisotopic (exact) mass is 291 g/mol. The molecule has 0 aliphatic heterocycles. The first-order chi connectivity index (χ1) is 9.99. The van der Waals surface area contributed by atoms with Crippen LogP contribution < -0.4 is 4.74 Å². The van der Waals surface area contributed by atoms with E-state index in [1.165, 1.54) is 31.2 Å². The van der Waals surface area contributed by atoms with Crippen LogP contribution in [0.4, 0.5) is 10.1 Å². The van der Waals surface area contributed by atoms with E-state index < -0.39 is 16.8 Å². The number of benzene rings is 2. The molecule has 0 saturated heterocycles. The van der Waals surface area contributed by atoms with Gasteiger partial charge in [-0.25, -0.2) is 4.39 Å². The Balaban J connectivity index is 2.23. The van der Waals surface area contributed by atoms with Gasteiger partial charge in [0.1, 0.15) is 18.2 Å². The molecule has 0 heterocycles. The smallest absolute Gasteiger partial charge is 0.276 e. The Morgan fingerprint density at radius 2 is 2.05 bits per heavy atom. The quantitative estimate of drug-likeness (QED) is 0.677. The molecule has 2 aromatic carbocycles. The van der Waals surface area contributed by atoms with Gasteiger partial charge in [0.05, 0.1) is 16.6 Å². The molecule has 0 aliphatic carbocycles. The average molecular weight is 291 g/mol. The fraction of sp³-hybridized carbons (Fsp3) is 0.200. The van der Waals surface area contributed by atoms with Crippen molar-refractivity contribution in [3.63, 3.8) is 0 Å². The Hall–Kier alpha value is -2.47. The Morgan fingerprint density at radius 1 is 1.33 bits per heavy atom. The number of nitro benzene ring substituents is 1. The van der Waals surface area contributed by atoms with Crippen molar-refractivity contribution < 1.29 is 19.2 Å². The van der Waals surface area contributed by atoms with Crippen molar-refractivity contribution in [1.29, 1.82) is 0 Å². The van der Waals surface area contributed by atoms with Crippen molar-refractivity contribution in [2.45, 2.75) is 19.6 Å². The normalized spacial score (nSPS) is 12.0. The SMILES string of the molecule is C[C@H](O)c1cc(F)ccc1OCc1ccccc1[N+](=O)[O-]. The van der Waals surface area contributed by atoms with Gasteiger partial charge < -0.3 is 9.84 Å². The van der Waals surface area contributed by atoms with E-state index in [0.717, 1.165) is 0 Å². The number of hydrogen-bond donors (Lipinski definition) is 1. The predicted octanol–water partition coefficient (Wildman–Crippen LogP) is 3.37. The molecule has 1 N–H and O–H groups in total. The van der Waals surface area contributed by atoms with Crippen molar-refractivity contribution in [3.8, 4) is 5.75 Å². The Morgan fingerprint density at radius 3 is 2.71 bits per heavy atom. The van der Waals surface area contributed by atoms with E-state index in [4.69, 9.17) is 4.74 Å². The summed E-state index contributed by atoms with van der Waals surface area (Å²) in [5.41, 5.74) is 0.662. The molecule has 0 aromatic heterocycles. The maximum Gasteiger partial charge on any atom is 0.276 e. The maximum atomic E-state index is 13.2. The maximum absolute atomic E-state index is 13.2. The second-order valence-electron chi connectivity index (χ2n) is 4.53. The van der Waals surface area contributed by atoms with Crippen LogP contribution >= 0.6 is 0 Å². The van der Waals surface area contributed by atoms with Gasteiger partial charge in [-0.2, -0.15) is 0 Å². The van der Waals surface area contributed by atoms with E-state index >= 15 is 0 Å². The zero-order valence-electron chi connectivity index (χ0n) is 11.3. The van der Waals surface area contributed by atoms with E-state index in [2.05, 4.69) is 0 Å². The number of nitrogens with zero attached hydrogens (tertiary/aromatic N) is 1.